The second-order valence-corrected chi connectivity index (χ2v) is 6.89. The monoisotopic (exact) mass is 269 g/mol. The third-order valence-corrected chi connectivity index (χ3v) is 5.10. The van der Waals surface area contributed by atoms with Gasteiger partial charge in [-0.3, -0.25) is 0 Å². The van der Waals surface area contributed by atoms with Gasteiger partial charge >= 0.3 is 0 Å². The van der Waals surface area contributed by atoms with E-state index in [9.17, 15) is 8.42 Å². The molecule has 0 amide bonds. The van der Waals surface area contributed by atoms with E-state index in [0.29, 0.717) is 19.1 Å². The minimum absolute atomic E-state index is 0.0254. The van der Waals surface area contributed by atoms with Crippen LogP contribution in [-0.4, -0.2) is 38.8 Å². The Labute approximate surface area is 103 Å². The van der Waals surface area contributed by atoms with Crippen molar-refractivity contribution in [2.45, 2.75) is 32.2 Å². The van der Waals surface area contributed by atoms with Crippen LogP contribution in [0.15, 0.2) is 0 Å². The summed E-state index contributed by atoms with van der Waals surface area (Å²) in [6, 6.07) is 0. The normalized spacial score (nSPS) is 22.9. The molecule has 0 saturated carbocycles. The smallest absolute Gasteiger partial charge is 0.212 e. The quantitative estimate of drug-likeness (QED) is 0.767. The maximum atomic E-state index is 11.9. The highest BCUT2D eigenvalue weighted by atomic mass is 35.5. The summed E-state index contributed by atoms with van der Waals surface area (Å²) >= 11 is 5.62. The summed E-state index contributed by atoms with van der Waals surface area (Å²) in [5, 5.41) is 0. The zero-order chi connectivity index (χ0) is 12.2. The lowest BCUT2D eigenvalue weighted by Gasteiger charge is -2.34. The van der Waals surface area contributed by atoms with Crippen LogP contribution >= 0.6 is 11.6 Å². The fourth-order valence-corrected chi connectivity index (χ4v) is 3.90. The van der Waals surface area contributed by atoms with Crippen molar-refractivity contribution < 1.29 is 13.2 Å². The minimum atomic E-state index is -3.24. The zero-order valence-electron chi connectivity index (χ0n) is 9.83. The van der Waals surface area contributed by atoms with Crippen LogP contribution in [0.3, 0.4) is 0 Å². The van der Waals surface area contributed by atoms with Gasteiger partial charge in [-0.25, -0.2) is 13.1 Å². The topological polar surface area (TPSA) is 55.4 Å². The van der Waals surface area contributed by atoms with Crippen LogP contribution < -0.4 is 4.72 Å². The highest BCUT2D eigenvalue weighted by molar-refractivity contribution is 7.89. The first kappa shape index (κ1) is 14.2. The van der Waals surface area contributed by atoms with Crippen molar-refractivity contribution in [3.63, 3.8) is 0 Å². The molecular formula is C10H20ClNO3S. The number of nitrogens with one attached hydrogen (secondary N) is 1. The zero-order valence-corrected chi connectivity index (χ0v) is 11.4. The molecule has 1 aliphatic heterocycles. The SMILES string of the molecule is CC(CCl)CS(=O)(=O)NC1(C)CCOCC1. The van der Waals surface area contributed by atoms with Crippen molar-refractivity contribution in [3.8, 4) is 0 Å². The molecular weight excluding hydrogens is 250 g/mol. The molecule has 0 radical (unpaired) electrons. The number of hydrogen-bond acceptors (Lipinski definition) is 3. The van der Waals surface area contributed by atoms with E-state index < -0.39 is 10.0 Å². The molecule has 1 heterocycles. The molecule has 1 unspecified atom stereocenters. The van der Waals surface area contributed by atoms with Crippen molar-refractivity contribution in [3.05, 3.63) is 0 Å². The van der Waals surface area contributed by atoms with E-state index in [0.717, 1.165) is 12.8 Å². The van der Waals surface area contributed by atoms with E-state index in [-0.39, 0.29) is 17.2 Å². The van der Waals surface area contributed by atoms with Gasteiger partial charge in [-0.2, -0.15) is 0 Å². The molecule has 1 aliphatic rings. The number of hydrogen-bond donors (Lipinski definition) is 1. The van der Waals surface area contributed by atoms with Gasteiger partial charge in [-0.15, -0.1) is 11.6 Å². The summed E-state index contributed by atoms with van der Waals surface area (Å²) in [5.41, 5.74) is -0.358. The third kappa shape index (κ3) is 4.57. The minimum Gasteiger partial charge on any atom is -0.381 e. The van der Waals surface area contributed by atoms with E-state index in [1.54, 1.807) is 0 Å². The first-order valence-corrected chi connectivity index (χ1v) is 7.71. The van der Waals surface area contributed by atoms with Crippen molar-refractivity contribution in [1.82, 2.24) is 4.72 Å². The van der Waals surface area contributed by atoms with Gasteiger partial charge < -0.3 is 4.74 Å². The van der Waals surface area contributed by atoms with Crippen LogP contribution in [0.5, 0.6) is 0 Å². The Bertz CT molecular complexity index is 312. The summed E-state index contributed by atoms with van der Waals surface area (Å²) in [7, 11) is -3.24. The van der Waals surface area contributed by atoms with Crippen LogP contribution in [0.4, 0.5) is 0 Å². The van der Waals surface area contributed by atoms with Crippen LogP contribution in [0, 0.1) is 5.92 Å². The van der Waals surface area contributed by atoms with Crippen LogP contribution in [0.25, 0.3) is 0 Å². The molecule has 1 atom stereocenters. The van der Waals surface area contributed by atoms with E-state index in [4.69, 9.17) is 16.3 Å². The lowest BCUT2D eigenvalue weighted by Crippen LogP contribution is -2.50. The number of halogens is 1. The fourth-order valence-electron chi connectivity index (χ4n) is 1.76. The molecule has 0 bridgehead atoms. The summed E-state index contributed by atoms with van der Waals surface area (Å²) in [6.45, 7) is 4.99. The van der Waals surface area contributed by atoms with Gasteiger partial charge in [0, 0.05) is 24.6 Å². The molecule has 1 N–H and O–H groups in total. The maximum Gasteiger partial charge on any atom is 0.212 e. The summed E-state index contributed by atoms with van der Waals surface area (Å²) in [5.74, 6) is 0.427. The van der Waals surface area contributed by atoms with E-state index >= 15 is 0 Å². The Kier molecular flexibility index (Phi) is 5.04. The predicted octanol–water partition coefficient (Wildman–Crippen LogP) is 1.35. The average molecular weight is 270 g/mol. The molecule has 0 aromatic carbocycles. The van der Waals surface area contributed by atoms with E-state index in [1.807, 2.05) is 13.8 Å². The standard InChI is InChI=1S/C10H20ClNO3S/c1-9(7-11)8-16(13,14)12-10(2)3-5-15-6-4-10/h9,12H,3-8H2,1-2H3. The van der Waals surface area contributed by atoms with Gasteiger partial charge in [0.05, 0.1) is 5.75 Å². The lowest BCUT2D eigenvalue weighted by molar-refractivity contribution is 0.0537. The number of alkyl halides is 1. The Morgan fingerprint density at radius 3 is 2.50 bits per heavy atom. The van der Waals surface area contributed by atoms with Crippen molar-refractivity contribution in [1.29, 1.82) is 0 Å². The molecule has 4 nitrogen and oxygen atoms in total. The highest BCUT2D eigenvalue weighted by Gasteiger charge is 2.32. The van der Waals surface area contributed by atoms with Gasteiger partial charge in [0.25, 0.3) is 0 Å². The van der Waals surface area contributed by atoms with Gasteiger partial charge in [-0.1, -0.05) is 6.92 Å². The van der Waals surface area contributed by atoms with Crippen LogP contribution in [-0.2, 0) is 14.8 Å². The number of rotatable bonds is 5. The molecule has 96 valence electrons. The molecule has 16 heavy (non-hydrogen) atoms. The van der Waals surface area contributed by atoms with Gasteiger partial charge in [0.1, 0.15) is 0 Å². The van der Waals surface area contributed by atoms with Gasteiger partial charge in [0.2, 0.25) is 10.0 Å². The van der Waals surface area contributed by atoms with Crippen molar-refractivity contribution in [2.24, 2.45) is 5.92 Å². The molecule has 0 aromatic heterocycles. The van der Waals surface area contributed by atoms with Crippen LogP contribution in [0.2, 0.25) is 0 Å². The Morgan fingerprint density at radius 1 is 1.44 bits per heavy atom. The Morgan fingerprint density at radius 2 is 2.00 bits per heavy atom. The Balaban J connectivity index is 2.57. The molecule has 1 fully saturated rings. The maximum absolute atomic E-state index is 11.9. The number of sulfonamides is 1. The van der Waals surface area contributed by atoms with Crippen molar-refractivity contribution >= 4 is 21.6 Å². The summed E-state index contributed by atoms with van der Waals surface area (Å²) < 4.78 is 31.7. The van der Waals surface area contributed by atoms with Gasteiger partial charge in [-0.05, 0) is 25.7 Å². The Hall–Kier alpha value is 0.160. The largest absolute Gasteiger partial charge is 0.381 e. The highest BCUT2D eigenvalue weighted by Crippen LogP contribution is 2.21. The van der Waals surface area contributed by atoms with E-state index in [1.165, 1.54) is 0 Å². The molecule has 0 spiro atoms. The molecule has 1 saturated heterocycles. The summed E-state index contributed by atoms with van der Waals surface area (Å²) in [4.78, 5) is 0. The second-order valence-electron chi connectivity index (χ2n) is 4.82. The van der Waals surface area contributed by atoms with Crippen LogP contribution in [0.1, 0.15) is 26.7 Å². The predicted molar refractivity (Wildman–Crippen MR) is 65.3 cm³/mol. The molecule has 0 aromatic rings. The molecule has 0 aliphatic carbocycles. The third-order valence-electron chi connectivity index (χ3n) is 2.77. The van der Waals surface area contributed by atoms with Crippen molar-refractivity contribution in [2.75, 3.05) is 24.8 Å². The number of ether oxygens (including phenoxy) is 1. The lowest BCUT2D eigenvalue weighted by atomic mass is 9.94. The molecule has 1 rings (SSSR count). The first-order valence-electron chi connectivity index (χ1n) is 5.52. The second kappa shape index (κ2) is 5.67. The van der Waals surface area contributed by atoms with E-state index in [2.05, 4.69) is 4.72 Å². The van der Waals surface area contributed by atoms with Gasteiger partial charge in [0.15, 0.2) is 0 Å². The molecule has 6 heteroatoms. The summed E-state index contributed by atoms with van der Waals surface area (Å²) in [6.07, 6.45) is 1.45. The first-order chi connectivity index (χ1) is 7.37. The average Bonchev–Trinajstić information content (AvgIpc) is 2.16. The fraction of sp³-hybridized carbons (Fsp3) is 1.00.